The van der Waals surface area contributed by atoms with Crippen LogP contribution in [0.1, 0.15) is 29.8 Å². The van der Waals surface area contributed by atoms with Gasteiger partial charge in [-0.15, -0.1) is 0 Å². The van der Waals surface area contributed by atoms with Crippen molar-refractivity contribution in [1.82, 2.24) is 0 Å². The highest BCUT2D eigenvalue weighted by atomic mass is 32.2. The van der Waals surface area contributed by atoms with Gasteiger partial charge in [-0.25, -0.2) is 13.2 Å². The maximum Gasteiger partial charge on any atom is 0.338 e. The highest BCUT2D eigenvalue weighted by Gasteiger charge is 2.31. The summed E-state index contributed by atoms with van der Waals surface area (Å²) in [6, 6.07) is 19.8. The number of anilines is 2. The molecule has 0 saturated heterocycles. The number of benzene rings is 3. The highest BCUT2D eigenvalue weighted by molar-refractivity contribution is 7.92. The zero-order valence-corrected chi connectivity index (χ0v) is 20.2. The Bertz CT molecular complexity index is 1340. The fourth-order valence-electron chi connectivity index (χ4n) is 3.80. The van der Waals surface area contributed by atoms with Crippen molar-refractivity contribution in [3.8, 4) is 5.75 Å². The van der Waals surface area contributed by atoms with Crippen molar-refractivity contribution in [2.45, 2.75) is 31.3 Å². The molecular weight excluding hydrogens is 468 g/mol. The Morgan fingerprint density at radius 1 is 1.03 bits per heavy atom. The third kappa shape index (κ3) is 5.30. The number of carbonyl (C=O) groups excluding carboxylic acids is 2. The Kier molecular flexibility index (Phi) is 7.07. The van der Waals surface area contributed by atoms with Crippen molar-refractivity contribution in [3.05, 3.63) is 83.9 Å². The van der Waals surface area contributed by atoms with E-state index in [1.54, 1.807) is 36.4 Å². The van der Waals surface area contributed by atoms with E-state index in [0.29, 0.717) is 36.7 Å². The Labute approximate surface area is 204 Å². The molecule has 0 fully saturated rings. The van der Waals surface area contributed by atoms with Crippen LogP contribution in [0.15, 0.2) is 77.7 Å². The summed E-state index contributed by atoms with van der Waals surface area (Å²) >= 11 is 0. The smallest absolute Gasteiger partial charge is 0.338 e. The molecule has 4 rings (SSSR count). The van der Waals surface area contributed by atoms with E-state index in [1.807, 2.05) is 19.1 Å². The van der Waals surface area contributed by atoms with E-state index in [9.17, 15) is 18.0 Å². The van der Waals surface area contributed by atoms with Gasteiger partial charge in [0, 0.05) is 12.2 Å². The van der Waals surface area contributed by atoms with Gasteiger partial charge in [-0.2, -0.15) is 0 Å². The lowest BCUT2D eigenvalue weighted by Gasteiger charge is -2.20. The molecule has 0 aliphatic carbocycles. The first-order valence-corrected chi connectivity index (χ1v) is 12.7. The number of nitrogens with one attached hydrogen (secondary N) is 1. The van der Waals surface area contributed by atoms with Gasteiger partial charge in [-0.3, -0.25) is 9.10 Å². The van der Waals surface area contributed by atoms with E-state index in [-0.39, 0.29) is 10.5 Å². The number of hydrogen-bond donors (Lipinski definition) is 1. The molecular formula is C26H26N2O6S. The van der Waals surface area contributed by atoms with Crippen LogP contribution in [-0.4, -0.2) is 39.5 Å². The molecule has 1 atom stereocenters. The minimum atomic E-state index is -3.87. The van der Waals surface area contributed by atoms with Gasteiger partial charge in [0.25, 0.3) is 15.9 Å². The lowest BCUT2D eigenvalue weighted by molar-refractivity contribution is -0.123. The molecule has 8 nitrogen and oxygen atoms in total. The average molecular weight is 495 g/mol. The summed E-state index contributed by atoms with van der Waals surface area (Å²) in [5.74, 6) is -0.629. The first-order valence-electron chi connectivity index (χ1n) is 11.2. The summed E-state index contributed by atoms with van der Waals surface area (Å²) in [7, 11) is -3.87. The Hall–Kier alpha value is -3.85. The SMILES string of the molecule is CCOc1ccc(NC(=O)C(C)OC(=O)c2cccc(S(=O)(=O)N3CCc4ccccc43)c2)cc1. The van der Waals surface area contributed by atoms with Crippen molar-refractivity contribution in [1.29, 1.82) is 0 Å². The zero-order chi connectivity index (χ0) is 25.0. The average Bonchev–Trinajstić information content (AvgIpc) is 3.30. The monoisotopic (exact) mass is 494 g/mol. The molecule has 1 unspecified atom stereocenters. The summed E-state index contributed by atoms with van der Waals surface area (Å²) < 4.78 is 38.6. The molecule has 1 N–H and O–H groups in total. The number of nitrogens with zero attached hydrogens (tertiary/aromatic N) is 1. The van der Waals surface area contributed by atoms with Gasteiger partial charge in [-0.05, 0) is 74.4 Å². The third-order valence-corrected chi connectivity index (χ3v) is 7.40. The van der Waals surface area contributed by atoms with E-state index in [0.717, 1.165) is 5.56 Å². The Morgan fingerprint density at radius 2 is 1.77 bits per heavy atom. The molecule has 1 heterocycles. The number of esters is 1. The molecule has 0 radical (unpaired) electrons. The number of sulfonamides is 1. The van der Waals surface area contributed by atoms with E-state index in [2.05, 4.69) is 5.32 Å². The second-order valence-electron chi connectivity index (χ2n) is 7.98. The quantitative estimate of drug-likeness (QED) is 0.475. The van der Waals surface area contributed by atoms with Crippen LogP contribution in [-0.2, 0) is 26.0 Å². The summed E-state index contributed by atoms with van der Waals surface area (Å²) in [6.45, 7) is 4.19. The maximum atomic E-state index is 13.3. The lowest BCUT2D eigenvalue weighted by Crippen LogP contribution is -2.30. The Balaban J connectivity index is 1.43. The van der Waals surface area contributed by atoms with Crippen LogP contribution in [0, 0.1) is 0 Å². The van der Waals surface area contributed by atoms with Crippen LogP contribution < -0.4 is 14.4 Å². The molecule has 0 bridgehead atoms. The van der Waals surface area contributed by atoms with Gasteiger partial charge >= 0.3 is 5.97 Å². The van der Waals surface area contributed by atoms with Gasteiger partial charge in [0.15, 0.2) is 6.10 Å². The van der Waals surface area contributed by atoms with Crippen LogP contribution in [0.3, 0.4) is 0 Å². The third-order valence-electron chi connectivity index (χ3n) is 5.59. The number of ether oxygens (including phenoxy) is 2. The van der Waals surface area contributed by atoms with Gasteiger partial charge in [-0.1, -0.05) is 24.3 Å². The minimum absolute atomic E-state index is 0.0184. The molecule has 3 aromatic carbocycles. The van der Waals surface area contributed by atoms with E-state index in [4.69, 9.17) is 9.47 Å². The molecule has 35 heavy (non-hydrogen) atoms. The lowest BCUT2D eigenvalue weighted by atomic mass is 10.2. The molecule has 0 spiro atoms. The summed E-state index contributed by atoms with van der Waals surface area (Å²) in [5.41, 5.74) is 2.17. The highest BCUT2D eigenvalue weighted by Crippen LogP contribution is 2.32. The molecule has 0 aromatic heterocycles. The number of rotatable bonds is 8. The van der Waals surface area contributed by atoms with Crippen LogP contribution in [0.25, 0.3) is 0 Å². The summed E-state index contributed by atoms with van der Waals surface area (Å²) in [4.78, 5) is 25.2. The van der Waals surface area contributed by atoms with Crippen LogP contribution in [0.5, 0.6) is 5.75 Å². The van der Waals surface area contributed by atoms with Crippen molar-refractivity contribution in [3.63, 3.8) is 0 Å². The Morgan fingerprint density at radius 3 is 2.51 bits per heavy atom. The second-order valence-corrected chi connectivity index (χ2v) is 9.84. The largest absolute Gasteiger partial charge is 0.494 e. The first kappa shape index (κ1) is 24.3. The second kappa shape index (κ2) is 10.2. The fraction of sp³-hybridized carbons (Fsp3) is 0.231. The van der Waals surface area contributed by atoms with E-state index >= 15 is 0 Å². The number of fused-ring (bicyclic) bond motifs is 1. The molecule has 1 aliphatic rings. The normalized spacial score (nSPS) is 13.6. The predicted molar refractivity (Wildman–Crippen MR) is 132 cm³/mol. The molecule has 1 amide bonds. The molecule has 3 aromatic rings. The number of carbonyl (C=O) groups is 2. The maximum absolute atomic E-state index is 13.3. The molecule has 1 aliphatic heterocycles. The number of para-hydroxylation sites is 1. The van der Waals surface area contributed by atoms with Crippen LogP contribution in [0.2, 0.25) is 0 Å². The fourth-order valence-corrected chi connectivity index (χ4v) is 5.35. The van der Waals surface area contributed by atoms with Gasteiger partial charge in [0.05, 0.1) is 22.8 Å². The van der Waals surface area contributed by atoms with Crippen molar-refractivity contribution in [2.24, 2.45) is 0 Å². The molecule has 0 saturated carbocycles. The summed E-state index contributed by atoms with van der Waals surface area (Å²) in [5, 5.41) is 2.68. The van der Waals surface area contributed by atoms with Crippen LogP contribution in [0.4, 0.5) is 11.4 Å². The molecule has 182 valence electrons. The standard InChI is InChI=1S/C26H26N2O6S/c1-3-33-22-13-11-21(12-14-22)27-25(29)18(2)34-26(30)20-8-6-9-23(17-20)35(31,32)28-16-15-19-7-4-5-10-24(19)28/h4-14,17-18H,3,15-16H2,1-2H3,(H,27,29). The summed E-state index contributed by atoms with van der Waals surface area (Å²) in [6.07, 6.45) is -0.474. The number of amides is 1. The van der Waals surface area contributed by atoms with Gasteiger partial charge in [0.1, 0.15) is 5.75 Å². The molecule has 9 heteroatoms. The number of hydrogen-bond acceptors (Lipinski definition) is 6. The van der Waals surface area contributed by atoms with E-state index < -0.39 is 28.0 Å². The van der Waals surface area contributed by atoms with Crippen molar-refractivity contribution >= 4 is 33.3 Å². The van der Waals surface area contributed by atoms with E-state index in [1.165, 1.54) is 35.5 Å². The topological polar surface area (TPSA) is 102 Å². The predicted octanol–water partition coefficient (Wildman–Crippen LogP) is 4.02. The first-order chi connectivity index (χ1) is 16.8. The van der Waals surface area contributed by atoms with Gasteiger partial charge in [0.2, 0.25) is 0 Å². The van der Waals surface area contributed by atoms with Gasteiger partial charge < -0.3 is 14.8 Å². The van der Waals surface area contributed by atoms with Crippen molar-refractivity contribution < 1.29 is 27.5 Å². The van der Waals surface area contributed by atoms with Crippen molar-refractivity contribution in [2.75, 3.05) is 22.8 Å². The zero-order valence-electron chi connectivity index (χ0n) is 19.4. The minimum Gasteiger partial charge on any atom is -0.494 e. The van der Waals surface area contributed by atoms with Crippen LogP contribution >= 0.6 is 0 Å².